The standard InChI is InChI=1S/C9H12N2.2C2H6/c1-4-5-6-11-8(2)7-10-9(11)3;2*1-2/h4-7H,1H2,2-3H3;2*1-2H3/b6-5-;;. The van der Waals surface area contributed by atoms with Crippen LogP contribution in [0.5, 0.6) is 0 Å². The van der Waals surface area contributed by atoms with Crippen LogP contribution in [0.3, 0.4) is 0 Å². The first-order valence-corrected chi connectivity index (χ1v) is 5.55. The van der Waals surface area contributed by atoms with Gasteiger partial charge in [-0.1, -0.05) is 40.3 Å². The van der Waals surface area contributed by atoms with E-state index in [0.717, 1.165) is 11.5 Å². The summed E-state index contributed by atoms with van der Waals surface area (Å²) in [6, 6.07) is 0. The Labute approximate surface area is 94.4 Å². The average Bonchev–Trinajstić information content (AvgIpc) is 2.62. The zero-order valence-corrected chi connectivity index (χ0v) is 10.9. The lowest BCUT2D eigenvalue weighted by atomic mass is 10.5. The topological polar surface area (TPSA) is 17.8 Å². The summed E-state index contributed by atoms with van der Waals surface area (Å²) in [6.07, 6.45) is 7.44. The van der Waals surface area contributed by atoms with E-state index in [2.05, 4.69) is 11.6 Å². The summed E-state index contributed by atoms with van der Waals surface area (Å²) in [5.74, 6) is 1.00. The molecule has 1 aromatic heterocycles. The van der Waals surface area contributed by atoms with Crippen LogP contribution < -0.4 is 0 Å². The fraction of sp³-hybridized carbons (Fsp3) is 0.462. The molecule has 0 aliphatic heterocycles. The molecule has 1 rings (SSSR count). The van der Waals surface area contributed by atoms with Crippen molar-refractivity contribution in [1.29, 1.82) is 0 Å². The second kappa shape index (κ2) is 10.8. The van der Waals surface area contributed by atoms with Crippen LogP contribution in [0.25, 0.3) is 6.20 Å². The van der Waals surface area contributed by atoms with E-state index in [9.17, 15) is 0 Å². The van der Waals surface area contributed by atoms with Gasteiger partial charge in [-0.3, -0.25) is 0 Å². The fourth-order valence-corrected chi connectivity index (χ4v) is 0.939. The summed E-state index contributed by atoms with van der Waals surface area (Å²) in [7, 11) is 0. The summed E-state index contributed by atoms with van der Waals surface area (Å²) in [6.45, 7) is 15.6. The summed E-state index contributed by atoms with van der Waals surface area (Å²) >= 11 is 0. The van der Waals surface area contributed by atoms with Crippen molar-refractivity contribution < 1.29 is 0 Å². The monoisotopic (exact) mass is 208 g/mol. The highest BCUT2D eigenvalue weighted by Gasteiger charge is 1.95. The van der Waals surface area contributed by atoms with Crippen molar-refractivity contribution in [2.75, 3.05) is 0 Å². The average molecular weight is 208 g/mol. The SMILES string of the molecule is C=C/C=C\n1c(C)cnc1C.CC.CC. The molecule has 0 bridgehead atoms. The van der Waals surface area contributed by atoms with Crippen molar-refractivity contribution >= 4 is 6.20 Å². The van der Waals surface area contributed by atoms with Crippen LogP contribution >= 0.6 is 0 Å². The van der Waals surface area contributed by atoms with Crippen LogP contribution in [0.15, 0.2) is 24.9 Å². The summed E-state index contributed by atoms with van der Waals surface area (Å²) in [5, 5.41) is 0. The van der Waals surface area contributed by atoms with Crippen LogP contribution in [0.2, 0.25) is 0 Å². The van der Waals surface area contributed by atoms with E-state index in [4.69, 9.17) is 0 Å². The maximum Gasteiger partial charge on any atom is 0.109 e. The molecular weight excluding hydrogens is 184 g/mol. The zero-order chi connectivity index (χ0) is 12.3. The van der Waals surface area contributed by atoms with Crippen molar-refractivity contribution in [3.8, 4) is 0 Å². The number of hydrogen-bond donors (Lipinski definition) is 0. The molecule has 0 spiro atoms. The molecule has 0 unspecified atom stereocenters. The van der Waals surface area contributed by atoms with Gasteiger partial charge < -0.3 is 4.57 Å². The third kappa shape index (κ3) is 5.89. The highest BCUT2D eigenvalue weighted by molar-refractivity contribution is 5.31. The Morgan fingerprint density at radius 2 is 1.73 bits per heavy atom. The van der Waals surface area contributed by atoms with Gasteiger partial charge in [-0.2, -0.15) is 0 Å². The van der Waals surface area contributed by atoms with Gasteiger partial charge in [0.15, 0.2) is 0 Å². The third-order valence-corrected chi connectivity index (χ3v) is 1.54. The minimum atomic E-state index is 1.00. The molecule has 0 saturated heterocycles. The molecule has 1 heterocycles. The fourth-order valence-electron chi connectivity index (χ4n) is 0.939. The number of rotatable bonds is 2. The molecule has 0 radical (unpaired) electrons. The molecule has 2 heteroatoms. The minimum Gasteiger partial charge on any atom is -0.308 e. The maximum atomic E-state index is 4.15. The molecule has 86 valence electrons. The second-order valence-corrected chi connectivity index (χ2v) is 2.39. The van der Waals surface area contributed by atoms with Crippen molar-refractivity contribution in [2.45, 2.75) is 41.5 Å². The molecule has 0 amide bonds. The molecule has 0 N–H and O–H groups in total. The molecule has 0 atom stereocenters. The lowest BCUT2D eigenvalue weighted by Gasteiger charge is -1.97. The quantitative estimate of drug-likeness (QED) is 0.666. The van der Waals surface area contributed by atoms with E-state index in [1.165, 1.54) is 0 Å². The summed E-state index contributed by atoms with van der Waals surface area (Å²) < 4.78 is 2.02. The normalized spacial score (nSPS) is 8.67. The van der Waals surface area contributed by atoms with Gasteiger partial charge in [0.1, 0.15) is 5.82 Å². The van der Waals surface area contributed by atoms with Crippen LogP contribution in [0.1, 0.15) is 39.2 Å². The summed E-state index contributed by atoms with van der Waals surface area (Å²) in [4.78, 5) is 4.15. The number of aromatic nitrogens is 2. The highest BCUT2D eigenvalue weighted by Crippen LogP contribution is 2.02. The van der Waals surface area contributed by atoms with Crippen molar-refractivity contribution in [3.05, 3.63) is 36.4 Å². The Morgan fingerprint density at radius 3 is 2.07 bits per heavy atom. The molecule has 0 fully saturated rings. The van der Waals surface area contributed by atoms with E-state index >= 15 is 0 Å². The van der Waals surface area contributed by atoms with Gasteiger partial charge in [-0.25, -0.2) is 4.98 Å². The van der Waals surface area contributed by atoms with Crippen LogP contribution in [-0.2, 0) is 0 Å². The lowest BCUT2D eigenvalue weighted by Crippen LogP contribution is -1.91. The Balaban J connectivity index is 0. The smallest absolute Gasteiger partial charge is 0.109 e. The second-order valence-electron chi connectivity index (χ2n) is 2.39. The third-order valence-electron chi connectivity index (χ3n) is 1.54. The van der Waals surface area contributed by atoms with Crippen LogP contribution in [0, 0.1) is 13.8 Å². The number of allylic oxidation sites excluding steroid dienone is 2. The largest absolute Gasteiger partial charge is 0.308 e. The minimum absolute atomic E-state index is 1.00. The maximum absolute atomic E-state index is 4.15. The molecule has 0 aliphatic carbocycles. The summed E-state index contributed by atoms with van der Waals surface area (Å²) in [5.41, 5.74) is 1.14. The Hall–Kier alpha value is -1.31. The van der Waals surface area contributed by atoms with E-state index in [0.29, 0.717) is 0 Å². The first-order valence-electron chi connectivity index (χ1n) is 5.55. The number of hydrogen-bond acceptors (Lipinski definition) is 1. The molecule has 2 nitrogen and oxygen atoms in total. The highest BCUT2D eigenvalue weighted by atomic mass is 15.1. The Bertz CT molecular complexity index is 263. The molecule has 15 heavy (non-hydrogen) atoms. The van der Waals surface area contributed by atoms with Crippen molar-refractivity contribution in [2.24, 2.45) is 0 Å². The van der Waals surface area contributed by atoms with Gasteiger partial charge in [0.05, 0.1) is 0 Å². The van der Waals surface area contributed by atoms with Gasteiger partial charge in [-0.05, 0) is 19.9 Å². The molecule has 1 aromatic rings. The molecule has 0 aromatic carbocycles. The van der Waals surface area contributed by atoms with E-state index in [-0.39, 0.29) is 0 Å². The predicted molar refractivity (Wildman–Crippen MR) is 69.9 cm³/mol. The zero-order valence-electron chi connectivity index (χ0n) is 10.9. The van der Waals surface area contributed by atoms with Gasteiger partial charge in [0, 0.05) is 18.1 Å². The number of aryl methyl sites for hydroxylation is 2. The molecule has 0 aliphatic rings. The van der Waals surface area contributed by atoms with Crippen molar-refractivity contribution in [3.63, 3.8) is 0 Å². The predicted octanol–water partition coefficient (Wildman–Crippen LogP) is 4.21. The van der Waals surface area contributed by atoms with Gasteiger partial charge >= 0.3 is 0 Å². The van der Waals surface area contributed by atoms with Gasteiger partial charge in [-0.15, -0.1) is 0 Å². The lowest BCUT2D eigenvalue weighted by molar-refractivity contribution is 0.995. The number of nitrogens with zero attached hydrogens (tertiary/aromatic N) is 2. The Kier molecular flexibility index (Phi) is 11.6. The van der Waals surface area contributed by atoms with Gasteiger partial charge in [0.25, 0.3) is 0 Å². The molecule has 0 saturated carbocycles. The van der Waals surface area contributed by atoms with Crippen LogP contribution in [-0.4, -0.2) is 9.55 Å². The number of imidazole rings is 1. The first kappa shape index (κ1) is 16.1. The Morgan fingerprint density at radius 1 is 1.20 bits per heavy atom. The molecular formula is C13H24N2. The first-order chi connectivity index (χ1) is 7.25. The van der Waals surface area contributed by atoms with Crippen LogP contribution in [0.4, 0.5) is 0 Å². The van der Waals surface area contributed by atoms with E-state index in [1.807, 2.05) is 64.6 Å². The van der Waals surface area contributed by atoms with Crippen molar-refractivity contribution in [1.82, 2.24) is 9.55 Å². The van der Waals surface area contributed by atoms with E-state index in [1.54, 1.807) is 6.08 Å². The van der Waals surface area contributed by atoms with E-state index < -0.39 is 0 Å². The van der Waals surface area contributed by atoms with Gasteiger partial charge in [0.2, 0.25) is 0 Å².